The number of aromatic nitrogens is 2. The van der Waals surface area contributed by atoms with Gasteiger partial charge in [0.1, 0.15) is 6.10 Å². The van der Waals surface area contributed by atoms with Crippen molar-refractivity contribution in [1.82, 2.24) is 9.55 Å². The molecule has 0 spiro atoms. The molecule has 1 aromatic heterocycles. The van der Waals surface area contributed by atoms with Gasteiger partial charge in [0.15, 0.2) is 18.1 Å². The van der Waals surface area contributed by atoms with Crippen LogP contribution in [0.3, 0.4) is 0 Å². The van der Waals surface area contributed by atoms with Gasteiger partial charge in [-0.25, -0.2) is 9.18 Å². The number of aliphatic hydroxyl groups excluding tert-OH is 1. The number of rotatable bonds is 2. The Kier molecular flexibility index (Phi) is 3.07. The summed E-state index contributed by atoms with van der Waals surface area (Å²) in [7, 11) is 0. The Balaban J connectivity index is 2.41. The van der Waals surface area contributed by atoms with Crippen molar-refractivity contribution in [2.24, 2.45) is 5.73 Å². The van der Waals surface area contributed by atoms with Gasteiger partial charge in [0.25, 0.3) is 5.56 Å². The van der Waals surface area contributed by atoms with E-state index in [2.05, 4.69) is 0 Å². The first-order valence-electron chi connectivity index (χ1n) is 5.11. The predicted molar refractivity (Wildman–Crippen MR) is 56.4 cm³/mol. The zero-order chi connectivity index (χ0) is 13.5. The topological polar surface area (TPSA) is 131 Å². The van der Waals surface area contributed by atoms with Gasteiger partial charge in [-0.2, -0.15) is 0 Å². The number of nitrogens with one attached hydrogen (secondary N) is 1. The number of ether oxygens (including phenoxy) is 1. The number of aliphatic hydroxyl groups is 2. The monoisotopic (exact) mass is 261 g/mol. The van der Waals surface area contributed by atoms with Gasteiger partial charge in [-0.3, -0.25) is 20.1 Å². The lowest BCUT2D eigenvalue weighted by atomic mass is 10.1. The largest absolute Gasteiger partial charge is 0.393 e. The van der Waals surface area contributed by atoms with Gasteiger partial charge < -0.3 is 14.9 Å². The third kappa shape index (κ3) is 1.86. The molecule has 5 N–H and O–H groups in total. The average Bonchev–Trinajstić information content (AvgIpc) is 2.52. The van der Waals surface area contributed by atoms with Gasteiger partial charge in [-0.1, -0.05) is 0 Å². The van der Waals surface area contributed by atoms with Crippen molar-refractivity contribution < 1.29 is 19.3 Å². The van der Waals surface area contributed by atoms with Crippen LogP contribution in [0.5, 0.6) is 0 Å². The van der Waals surface area contributed by atoms with E-state index in [-0.39, 0.29) is 0 Å². The third-order valence-electron chi connectivity index (χ3n) is 2.80. The molecule has 1 saturated heterocycles. The van der Waals surface area contributed by atoms with Crippen LogP contribution >= 0.6 is 0 Å². The van der Waals surface area contributed by atoms with Gasteiger partial charge >= 0.3 is 5.69 Å². The molecular formula is C9H12FN3O5. The van der Waals surface area contributed by atoms with Crippen molar-refractivity contribution in [3.8, 4) is 0 Å². The average molecular weight is 261 g/mol. The van der Waals surface area contributed by atoms with E-state index in [0.717, 1.165) is 16.8 Å². The van der Waals surface area contributed by atoms with Crippen molar-refractivity contribution in [2.45, 2.75) is 24.2 Å². The van der Waals surface area contributed by atoms with Crippen LogP contribution < -0.4 is 17.0 Å². The normalized spacial score (nSPS) is 35.9. The molecule has 1 aliphatic heterocycles. The quantitative estimate of drug-likeness (QED) is 0.432. The summed E-state index contributed by atoms with van der Waals surface area (Å²) in [4.78, 5) is 24.2. The van der Waals surface area contributed by atoms with Crippen molar-refractivity contribution >= 4 is 0 Å². The highest BCUT2D eigenvalue weighted by Crippen LogP contribution is 2.35. The second-order valence-electron chi connectivity index (χ2n) is 4.00. The minimum Gasteiger partial charge on any atom is -0.393 e. The van der Waals surface area contributed by atoms with E-state index in [0.29, 0.717) is 0 Å². The lowest BCUT2D eigenvalue weighted by molar-refractivity contribution is -0.0826. The van der Waals surface area contributed by atoms with E-state index in [4.69, 9.17) is 15.6 Å². The molecule has 100 valence electrons. The summed E-state index contributed by atoms with van der Waals surface area (Å²) >= 11 is 0. The molecule has 0 unspecified atom stereocenters. The molecule has 0 amide bonds. The zero-order valence-electron chi connectivity index (χ0n) is 9.12. The highest BCUT2D eigenvalue weighted by molar-refractivity contribution is 5.00. The molecular weight excluding hydrogens is 249 g/mol. The summed E-state index contributed by atoms with van der Waals surface area (Å²) in [5.41, 5.74) is 1.34. The van der Waals surface area contributed by atoms with Crippen LogP contribution in [0.25, 0.3) is 0 Å². The third-order valence-corrected chi connectivity index (χ3v) is 2.80. The van der Waals surface area contributed by atoms with Crippen LogP contribution in [0.15, 0.2) is 21.9 Å². The summed E-state index contributed by atoms with van der Waals surface area (Å²) < 4.78 is 19.6. The summed E-state index contributed by atoms with van der Waals surface area (Å²) in [6.45, 7) is -0.706. The maximum Gasteiger partial charge on any atom is 0.330 e. The van der Waals surface area contributed by atoms with Crippen LogP contribution in [-0.4, -0.2) is 44.4 Å². The summed E-state index contributed by atoms with van der Waals surface area (Å²) in [6.07, 6.45) is -3.98. The molecule has 2 rings (SSSR count). The molecule has 1 fully saturated rings. The zero-order valence-corrected chi connectivity index (χ0v) is 9.12. The molecule has 0 aliphatic carbocycles. The fraction of sp³-hybridized carbons (Fsp3) is 0.556. The fourth-order valence-corrected chi connectivity index (χ4v) is 1.78. The van der Waals surface area contributed by atoms with E-state index in [1.165, 1.54) is 0 Å². The number of H-pyrrole nitrogens is 1. The van der Waals surface area contributed by atoms with Gasteiger partial charge in [0, 0.05) is 12.3 Å². The van der Waals surface area contributed by atoms with Crippen molar-refractivity contribution in [3.05, 3.63) is 33.1 Å². The van der Waals surface area contributed by atoms with E-state index >= 15 is 0 Å². The molecule has 0 aromatic carbocycles. The Bertz CT molecular complexity index is 554. The summed E-state index contributed by atoms with van der Waals surface area (Å²) in [5, 5.41) is 18.6. The minimum atomic E-state index is -2.41. The summed E-state index contributed by atoms with van der Waals surface area (Å²) in [6, 6.07) is 0.999. The molecule has 0 bridgehead atoms. The van der Waals surface area contributed by atoms with Gasteiger partial charge in [-0.05, 0) is 0 Å². The van der Waals surface area contributed by atoms with Crippen LogP contribution in [0.1, 0.15) is 6.23 Å². The lowest BCUT2D eigenvalue weighted by Gasteiger charge is -2.23. The van der Waals surface area contributed by atoms with E-state index in [9.17, 15) is 19.1 Å². The molecule has 0 saturated carbocycles. The van der Waals surface area contributed by atoms with Crippen molar-refractivity contribution in [1.29, 1.82) is 0 Å². The first kappa shape index (κ1) is 12.9. The van der Waals surface area contributed by atoms with E-state index in [1.807, 2.05) is 4.98 Å². The number of hydrogen-bond acceptors (Lipinski definition) is 6. The van der Waals surface area contributed by atoms with Gasteiger partial charge in [0.05, 0.1) is 6.61 Å². The van der Waals surface area contributed by atoms with Crippen LogP contribution in [-0.2, 0) is 4.74 Å². The molecule has 1 aromatic rings. The van der Waals surface area contributed by atoms with Gasteiger partial charge in [-0.15, -0.1) is 0 Å². The maximum absolute atomic E-state index is 13.9. The predicted octanol–water partition coefficient (Wildman–Crippen LogP) is -2.59. The first-order valence-corrected chi connectivity index (χ1v) is 5.11. The Morgan fingerprint density at radius 2 is 2.28 bits per heavy atom. The number of alkyl halides is 1. The fourth-order valence-electron chi connectivity index (χ4n) is 1.78. The number of nitrogens with zero attached hydrogens (tertiary/aromatic N) is 1. The molecule has 18 heavy (non-hydrogen) atoms. The molecule has 9 heteroatoms. The van der Waals surface area contributed by atoms with Crippen molar-refractivity contribution in [2.75, 3.05) is 6.61 Å². The van der Waals surface area contributed by atoms with Crippen LogP contribution in [0.2, 0.25) is 0 Å². The van der Waals surface area contributed by atoms with Crippen LogP contribution in [0.4, 0.5) is 4.39 Å². The number of halogens is 1. The van der Waals surface area contributed by atoms with E-state index in [1.54, 1.807) is 0 Å². The highest BCUT2D eigenvalue weighted by Gasteiger charge is 2.55. The smallest absolute Gasteiger partial charge is 0.330 e. The molecule has 8 nitrogen and oxygen atoms in total. The Morgan fingerprint density at radius 1 is 1.61 bits per heavy atom. The Labute approximate surface area is 99.4 Å². The maximum atomic E-state index is 13.9. The van der Waals surface area contributed by atoms with Crippen molar-refractivity contribution in [3.63, 3.8) is 0 Å². The van der Waals surface area contributed by atoms with Gasteiger partial charge in [0.2, 0.25) is 0 Å². The molecule has 4 atom stereocenters. The highest BCUT2D eigenvalue weighted by atomic mass is 19.1. The second kappa shape index (κ2) is 4.28. The standard InChI is InChI=1S/C9H12FN3O5/c10-6-7(18-4(3-14)9(6,11)17)13-2-1-5(15)12-8(13)16/h1-2,4,6-7,14,17H,3,11H2,(H,12,15,16)/t4-,6+,7-,9-/m1/s1. The summed E-state index contributed by atoms with van der Waals surface area (Å²) in [5.74, 6) is 0. The lowest BCUT2D eigenvalue weighted by Crippen LogP contribution is -2.55. The van der Waals surface area contributed by atoms with Crippen LogP contribution in [0, 0.1) is 0 Å². The van der Waals surface area contributed by atoms with E-state index < -0.39 is 42.1 Å². The minimum absolute atomic E-state index is 0.647. The number of nitrogens with two attached hydrogens (primary N) is 1. The second-order valence-corrected chi connectivity index (χ2v) is 4.00. The number of aromatic amines is 1. The first-order chi connectivity index (χ1) is 8.37. The molecule has 1 aliphatic rings. The Morgan fingerprint density at radius 3 is 2.78 bits per heavy atom. The Hall–Kier alpha value is -1.55. The molecule has 2 heterocycles. The number of hydrogen-bond donors (Lipinski definition) is 4. The molecule has 0 radical (unpaired) electrons. The SMILES string of the molecule is N[C@@]1(O)[C@@H](CO)O[C@@H](n2ccc(=O)[nH]c2=O)[C@@H]1F.